The first-order valence-corrected chi connectivity index (χ1v) is 10.7. The van der Waals surface area contributed by atoms with Gasteiger partial charge >= 0.3 is 0 Å². The van der Waals surface area contributed by atoms with Gasteiger partial charge in [-0.25, -0.2) is 4.39 Å². The Morgan fingerprint density at radius 3 is 2.45 bits per heavy atom. The van der Waals surface area contributed by atoms with Crippen molar-refractivity contribution in [1.82, 2.24) is 15.1 Å². The molecule has 0 saturated carbocycles. The third-order valence-electron chi connectivity index (χ3n) is 6.03. The lowest BCUT2D eigenvalue weighted by atomic mass is 9.89. The fraction of sp³-hybridized carbons (Fsp3) is 0.320. The Balaban J connectivity index is 1.43. The Bertz CT molecular complexity index is 976. The highest BCUT2D eigenvalue weighted by atomic mass is 19.1. The number of carbonyl (C=O) groups excluding carboxylic acids is 1. The van der Waals surface area contributed by atoms with E-state index in [2.05, 4.69) is 5.32 Å². The molecular weight excluding hydrogens is 391 g/mol. The lowest BCUT2D eigenvalue weighted by Crippen LogP contribution is -2.42. The Morgan fingerprint density at radius 2 is 1.77 bits per heavy atom. The summed E-state index contributed by atoms with van der Waals surface area (Å²) in [6.45, 7) is 2.54. The summed E-state index contributed by atoms with van der Waals surface area (Å²) < 4.78 is 13.2. The lowest BCUT2D eigenvalue weighted by Gasteiger charge is -2.35. The van der Waals surface area contributed by atoms with Crippen LogP contribution in [0.1, 0.15) is 29.9 Å². The Morgan fingerprint density at radius 1 is 1.10 bits per heavy atom. The van der Waals surface area contributed by atoms with Gasteiger partial charge in [0.25, 0.3) is 5.91 Å². The van der Waals surface area contributed by atoms with Crippen molar-refractivity contribution in [1.29, 1.82) is 0 Å². The molecule has 0 radical (unpaired) electrons. The highest BCUT2D eigenvalue weighted by Gasteiger charge is 2.30. The molecule has 0 atom stereocenters. The minimum absolute atomic E-state index is 0.00242. The van der Waals surface area contributed by atoms with Crippen molar-refractivity contribution in [2.75, 3.05) is 26.7 Å². The number of carbonyl (C=O) groups is 1. The van der Waals surface area contributed by atoms with E-state index in [0.29, 0.717) is 43.4 Å². The standard InChI is InChI=1S/C25H29FN4O/c1-29-16-22(24(23(27)17-29)28-15-18-5-3-2-4-6-18)25(31)30-13-11-20(12-14-30)19-7-9-21(26)10-8-19/h2-10,16,20,28H,11-15,17,27H2,1H3. The van der Waals surface area contributed by atoms with Crippen molar-refractivity contribution in [3.05, 3.63) is 94.7 Å². The number of nitrogens with one attached hydrogen (secondary N) is 1. The fourth-order valence-electron chi connectivity index (χ4n) is 4.33. The summed E-state index contributed by atoms with van der Waals surface area (Å²) in [4.78, 5) is 17.3. The molecule has 1 saturated heterocycles. The second-order valence-electron chi connectivity index (χ2n) is 8.32. The maximum atomic E-state index is 13.4. The number of rotatable bonds is 5. The lowest BCUT2D eigenvalue weighted by molar-refractivity contribution is -0.128. The van der Waals surface area contributed by atoms with E-state index in [4.69, 9.17) is 5.73 Å². The maximum absolute atomic E-state index is 13.4. The SMILES string of the molecule is CN1C=C(C(=O)N2CCC(c3ccc(F)cc3)CC2)C(NCc2ccccc2)=C(N)C1. The van der Waals surface area contributed by atoms with Crippen LogP contribution in [-0.4, -0.2) is 42.4 Å². The first-order chi connectivity index (χ1) is 15.0. The Hall–Kier alpha value is -3.28. The molecule has 2 aliphatic heterocycles. The zero-order chi connectivity index (χ0) is 21.8. The number of benzene rings is 2. The molecule has 4 rings (SSSR count). The van der Waals surface area contributed by atoms with Crippen LogP contribution in [0.4, 0.5) is 4.39 Å². The quantitative estimate of drug-likeness (QED) is 0.779. The third kappa shape index (κ3) is 4.90. The van der Waals surface area contributed by atoms with E-state index < -0.39 is 0 Å². The smallest absolute Gasteiger partial charge is 0.257 e. The minimum Gasteiger partial charge on any atom is -0.399 e. The normalized spacial score (nSPS) is 17.5. The second kappa shape index (κ2) is 9.25. The van der Waals surface area contributed by atoms with E-state index in [-0.39, 0.29) is 11.7 Å². The van der Waals surface area contributed by atoms with Crippen LogP contribution in [0.2, 0.25) is 0 Å². The monoisotopic (exact) mass is 420 g/mol. The van der Waals surface area contributed by atoms with Gasteiger partial charge in [0.1, 0.15) is 5.82 Å². The average Bonchev–Trinajstić information content (AvgIpc) is 2.79. The third-order valence-corrected chi connectivity index (χ3v) is 6.03. The number of halogens is 1. The molecule has 162 valence electrons. The molecular formula is C25H29FN4O. The number of nitrogens with zero attached hydrogens (tertiary/aromatic N) is 2. The van der Waals surface area contributed by atoms with Crippen LogP contribution in [-0.2, 0) is 11.3 Å². The van der Waals surface area contributed by atoms with E-state index in [1.807, 2.05) is 65.5 Å². The molecule has 2 heterocycles. The molecule has 0 aliphatic carbocycles. The molecule has 1 amide bonds. The van der Waals surface area contributed by atoms with Crippen molar-refractivity contribution in [3.63, 3.8) is 0 Å². The topological polar surface area (TPSA) is 61.6 Å². The molecule has 0 unspecified atom stereocenters. The van der Waals surface area contributed by atoms with Gasteiger partial charge in [-0.3, -0.25) is 4.79 Å². The maximum Gasteiger partial charge on any atom is 0.257 e. The summed E-state index contributed by atoms with van der Waals surface area (Å²) >= 11 is 0. The predicted molar refractivity (Wildman–Crippen MR) is 120 cm³/mol. The number of hydrogen-bond donors (Lipinski definition) is 2. The predicted octanol–water partition coefficient (Wildman–Crippen LogP) is 3.32. The van der Waals surface area contributed by atoms with Crippen molar-refractivity contribution < 1.29 is 9.18 Å². The molecule has 0 bridgehead atoms. The molecule has 5 nitrogen and oxygen atoms in total. The first-order valence-electron chi connectivity index (χ1n) is 10.7. The van der Waals surface area contributed by atoms with Crippen molar-refractivity contribution in [2.24, 2.45) is 5.73 Å². The molecule has 2 aromatic carbocycles. The van der Waals surface area contributed by atoms with E-state index in [0.717, 1.165) is 29.7 Å². The summed E-state index contributed by atoms with van der Waals surface area (Å²) in [5.74, 6) is 0.135. The number of likely N-dealkylation sites (N-methyl/N-ethyl adjacent to an activating group) is 1. The molecule has 2 aromatic rings. The summed E-state index contributed by atoms with van der Waals surface area (Å²) in [6.07, 6.45) is 3.62. The summed E-state index contributed by atoms with van der Waals surface area (Å²) in [5.41, 5.74) is 10.6. The van der Waals surface area contributed by atoms with Crippen LogP contribution >= 0.6 is 0 Å². The van der Waals surface area contributed by atoms with Gasteiger partial charge in [-0.1, -0.05) is 42.5 Å². The van der Waals surface area contributed by atoms with Crippen molar-refractivity contribution >= 4 is 5.91 Å². The van der Waals surface area contributed by atoms with E-state index in [1.54, 1.807) is 0 Å². The van der Waals surface area contributed by atoms with Crippen molar-refractivity contribution in [3.8, 4) is 0 Å². The molecule has 0 aromatic heterocycles. The van der Waals surface area contributed by atoms with Gasteiger partial charge in [0.15, 0.2) is 0 Å². The molecule has 31 heavy (non-hydrogen) atoms. The summed E-state index contributed by atoms with van der Waals surface area (Å²) in [7, 11) is 1.93. The zero-order valence-electron chi connectivity index (χ0n) is 17.9. The van der Waals surface area contributed by atoms with Gasteiger partial charge in [0.05, 0.1) is 23.5 Å². The van der Waals surface area contributed by atoms with Gasteiger partial charge in [-0.15, -0.1) is 0 Å². The fourth-order valence-corrected chi connectivity index (χ4v) is 4.33. The highest BCUT2D eigenvalue weighted by Crippen LogP contribution is 2.30. The van der Waals surface area contributed by atoms with Crippen LogP contribution in [0, 0.1) is 5.82 Å². The minimum atomic E-state index is -0.218. The summed E-state index contributed by atoms with van der Waals surface area (Å²) in [6, 6.07) is 16.8. The molecule has 3 N–H and O–H groups in total. The van der Waals surface area contributed by atoms with Crippen LogP contribution in [0.3, 0.4) is 0 Å². The van der Waals surface area contributed by atoms with Gasteiger partial charge < -0.3 is 20.9 Å². The highest BCUT2D eigenvalue weighted by molar-refractivity contribution is 5.98. The van der Waals surface area contributed by atoms with Crippen molar-refractivity contribution in [2.45, 2.75) is 25.3 Å². The van der Waals surface area contributed by atoms with E-state index in [9.17, 15) is 9.18 Å². The van der Waals surface area contributed by atoms with E-state index >= 15 is 0 Å². The molecule has 2 aliphatic rings. The zero-order valence-corrected chi connectivity index (χ0v) is 17.9. The number of nitrogens with two attached hydrogens (primary N) is 1. The number of hydrogen-bond acceptors (Lipinski definition) is 4. The molecule has 6 heteroatoms. The molecule has 1 fully saturated rings. The van der Waals surface area contributed by atoms with E-state index in [1.165, 1.54) is 12.1 Å². The number of amides is 1. The average molecular weight is 421 g/mol. The van der Waals surface area contributed by atoms with Gasteiger partial charge in [-0.2, -0.15) is 0 Å². The van der Waals surface area contributed by atoms with Gasteiger partial charge in [-0.05, 0) is 42.0 Å². The van der Waals surface area contributed by atoms with Crippen LogP contribution in [0.15, 0.2) is 77.8 Å². The Kier molecular flexibility index (Phi) is 6.26. The first kappa shape index (κ1) is 21.0. The van der Waals surface area contributed by atoms with Gasteiger partial charge in [0, 0.05) is 32.9 Å². The van der Waals surface area contributed by atoms with Gasteiger partial charge in [0.2, 0.25) is 0 Å². The summed E-state index contributed by atoms with van der Waals surface area (Å²) in [5, 5.41) is 3.39. The van der Waals surface area contributed by atoms with Crippen LogP contribution in [0.5, 0.6) is 0 Å². The number of likely N-dealkylation sites (tertiary alicyclic amines) is 1. The Labute approximate surface area is 183 Å². The van der Waals surface area contributed by atoms with Crippen LogP contribution < -0.4 is 11.1 Å². The largest absolute Gasteiger partial charge is 0.399 e. The number of piperidine rings is 1. The second-order valence-corrected chi connectivity index (χ2v) is 8.32. The molecule has 0 spiro atoms. The van der Waals surface area contributed by atoms with Crippen LogP contribution in [0.25, 0.3) is 0 Å².